The van der Waals surface area contributed by atoms with Crippen LogP contribution in [0.15, 0.2) is 77.3 Å². The molecule has 0 fully saturated rings. The van der Waals surface area contributed by atoms with Crippen molar-refractivity contribution in [1.82, 2.24) is 4.98 Å². The Labute approximate surface area is 175 Å². The Bertz CT molecular complexity index is 1550. The van der Waals surface area contributed by atoms with Crippen molar-refractivity contribution >= 4 is 40.4 Å². The van der Waals surface area contributed by atoms with E-state index in [1.165, 1.54) is 21.5 Å². The molecule has 140 valence electrons. The molecule has 0 aliphatic carbocycles. The zero-order valence-electron chi connectivity index (χ0n) is 19.3. The van der Waals surface area contributed by atoms with Gasteiger partial charge in [-0.3, -0.25) is 4.98 Å². The number of aromatic nitrogens is 1. The molecule has 3 heterocycles. The number of furan rings is 1. The Kier molecular flexibility index (Phi) is 2.72. The summed E-state index contributed by atoms with van der Waals surface area (Å²) in [7, 11) is -1.78. The molecule has 0 atom stereocenters. The quantitative estimate of drug-likeness (QED) is 0.338. The number of pyridine rings is 1. The van der Waals surface area contributed by atoms with Crippen LogP contribution in [-0.4, -0.2) is 13.1 Å². The van der Waals surface area contributed by atoms with Crippen LogP contribution in [0.3, 0.4) is 0 Å². The average molecular weight is 395 g/mol. The number of aryl methyl sites for hydroxylation is 1. The lowest BCUT2D eigenvalue weighted by atomic mass is 9.98. The highest BCUT2D eigenvalue weighted by atomic mass is 28.3. The first-order chi connectivity index (χ1) is 15.3. The van der Waals surface area contributed by atoms with E-state index >= 15 is 0 Å². The minimum atomic E-state index is -2.18. The Balaban J connectivity index is 1.68. The monoisotopic (exact) mass is 394 g/mol. The molecule has 0 N–H and O–H groups in total. The van der Waals surface area contributed by atoms with Crippen LogP contribution in [0.1, 0.15) is 9.68 Å². The van der Waals surface area contributed by atoms with Gasteiger partial charge in [0.15, 0.2) is 0 Å². The van der Waals surface area contributed by atoms with Gasteiger partial charge in [0.05, 0.1) is 5.69 Å². The van der Waals surface area contributed by atoms with Crippen LogP contribution in [-0.2, 0) is 0 Å². The van der Waals surface area contributed by atoms with Crippen molar-refractivity contribution in [1.29, 1.82) is 0 Å². The summed E-state index contributed by atoms with van der Waals surface area (Å²) in [5.41, 5.74) is 5.87. The van der Waals surface area contributed by atoms with E-state index in [2.05, 4.69) is 60.5 Å². The van der Waals surface area contributed by atoms with Crippen molar-refractivity contribution in [3.63, 3.8) is 0 Å². The van der Waals surface area contributed by atoms with Crippen molar-refractivity contribution in [3.05, 3.63) is 78.5 Å². The number of rotatable bonds is 1. The normalized spacial score (nSPS) is 16.3. The van der Waals surface area contributed by atoms with Gasteiger partial charge in [0.2, 0.25) is 0 Å². The molecule has 0 saturated heterocycles. The van der Waals surface area contributed by atoms with Crippen LogP contribution in [0, 0.1) is 6.85 Å². The van der Waals surface area contributed by atoms with E-state index in [1.807, 2.05) is 12.1 Å². The highest BCUT2D eigenvalue weighted by Gasteiger charge is 2.38. The standard InChI is InChI=1S/C26H21NOSi/c1-16-13-14-27-20(15-16)17-8-6-9-19-24-21(28-26(17)19)11-12-23-25(24)18-7-4-5-10-22(18)29(23,2)3/h4-15H,1-3H3/i1D3. The Morgan fingerprint density at radius 3 is 2.66 bits per heavy atom. The summed E-state index contributed by atoms with van der Waals surface area (Å²) >= 11 is 0. The molecular weight excluding hydrogens is 370 g/mol. The summed E-state index contributed by atoms with van der Waals surface area (Å²) in [4.78, 5) is 4.47. The molecule has 0 spiro atoms. The molecule has 1 aliphatic rings. The Morgan fingerprint density at radius 1 is 0.897 bits per heavy atom. The topological polar surface area (TPSA) is 26.0 Å². The molecule has 29 heavy (non-hydrogen) atoms. The third-order valence-corrected chi connectivity index (χ3v) is 9.79. The van der Waals surface area contributed by atoms with Gasteiger partial charge in [-0.2, -0.15) is 0 Å². The van der Waals surface area contributed by atoms with E-state index in [-0.39, 0.29) is 5.56 Å². The highest BCUT2D eigenvalue weighted by molar-refractivity contribution is 7.04. The predicted molar refractivity (Wildman–Crippen MR) is 124 cm³/mol. The summed E-state index contributed by atoms with van der Waals surface area (Å²) in [6, 6.07) is 22.3. The van der Waals surface area contributed by atoms with Crippen molar-refractivity contribution in [2.45, 2.75) is 19.9 Å². The molecule has 0 radical (unpaired) electrons. The highest BCUT2D eigenvalue weighted by Crippen LogP contribution is 2.41. The first kappa shape index (κ1) is 13.9. The van der Waals surface area contributed by atoms with E-state index in [0.717, 1.165) is 27.5 Å². The smallest absolute Gasteiger partial charge is 0.144 e. The van der Waals surface area contributed by atoms with E-state index in [4.69, 9.17) is 8.53 Å². The maximum Gasteiger partial charge on any atom is 0.144 e. The van der Waals surface area contributed by atoms with Crippen LogP contribution in [0.5, 0.6) is 0 Å². The van der Waals surface area contributed by atoms with Crippen molar-refractivity contribution in [2.24, 2.45) is 0 Å². The summed E-state index contributed by atoms with van der Waals surface area (Å²) in [5, 5.41) is 5.07. The lowest BCUT2D eigenvalue weighted by molar-refractivity contribution is 0.670. The van der Waals surface area contributed by atoms with Crippen LogP contribution < -0.4 is 10.4 Å². The van der Waals surface area contributed by atoms with Gasteiger partial charge in [-0.1, -0.05) is 55.6 Å². The second-order valence-corrected chi connectivity index (χ2v) is 12.6. The Morgan fingerprint density at radius 2 is 1.76 bits per heavy atom. The van der Waals surface area contributed by atoms with Gasteiger partial charge in [0, 0.05) is 26.6 Å². The van der Waals surface area contributed by atoms with Gasteiger partial charge in [0.1, 0.15) is 19.2 Å². The number of fused-ring (bicyclic) bond motifs is 7. The van der Waals surface area contributed by atoms with E-state index in [0.29, 0.717) is 5.69 Å². The molecule has 0 amide bonds. The average Bonchev–Trinajstić information content (AvgIpc) is 3.26. The molecule has 3 heteroatoms. The van der Waals surface area contributed by atoms with Crippen molar-refractivity contribution in [2.75, 3.05) is 0 Å². The SMILES string of the molecule is [2H]C([2H])([2H])c1ccnc(-c2cccc3c2oc2ccc4c(c23)-c2ccccc2[Si]4(C)C)c1. The molecule has 0 bridgehead atoms. The molecule has 1 aliphatic heterocycles. The van der Waals surface area contributed by atoms with Gasteiger partial charge in [-0.05, 0) is 58.2 Å². The maximum absolute atomic E-state index is 7.76. The van der Waals surface area contributed by atoms with Gasteiger partial charge < -0.3 is 4.42 Å². The molecule has 2 nitrogen and oxygen atoms in total. The van der Waals surface area contributed by atoms with E-state index in [9.17, 15) is 0 Å². The fourth-order valence-corrected chi connectivity index (χ4v) is 7.93. The number of benzene rings is 3. The lowest BCUT2D eigenvalue weighted by Crippen LogP contribution is -2.49. The number of hydrogen-bond acceptors (Lipinski definition) is 2. The molecule has 6 rings (SSSR count). The molecule has 0 unspecified atom stereocenters. The van der Waals surface area contributed by atoms with Gasteiger partial charge in [-0.15, -0.1) is 0 Å². The maximum atomic E-state index is 7.76. The van der Waals surface area contributed by atoms with Crippen molar-refractivity contribution < 1.29 is 8.53 Å². The Hall–Kier alpha value is -3.17. The minimum Gasteiger partial charge on any atom is -0.455 e. The largest absolute Gasteiger partial charge is 0.455 e. The second kappa shape index (κ2) is 5.68. The summed E-state index contributed by atoms with van der Waals surface area (Å²) in [5.74, 6) is 0. The van der Waals surface area contributed by atoms with E-state index < -0.39 is 14.9 Å². The summed E-state index contributed by atoms with van der Waals surface area (Å²) in [6.07, 6.45) is 1.56. The molecule has 0 saturated carbocycles. The molecule has 2 aromatic heterocycles. The molecule has 5 aromatic rings. The summed E-state index contributed by atoms with van der Waals surface area (Å²) in [6.45, 7) is 2.63. The first-order valence-corrected chi connectivity index (χ1v) is 12.8. The van der Waals surface area contributed by atoms with Gasteiger partial charge >= 0.3 is 0 Å². The third kappa shape index (κ3) is 2.19. The first-order valence-electron chi connectivity index (χ1n) is 11.3. The zero-order chi connectivity index (χ0) is 22.3. The fourth-order valence-electron chi connectivity index (χ4n) is 4.86. The number of hydrogen-bond donors (Lipinski definition) is 0. The fraction of sp³-hybridized carbons (Fsp3) is 0.115. The van der Waals surface area contributed by atoms with Crippen molar-refractivity contribution in [3.8, 4) is 22.4 Å². The zero-order valence-corrected chi connectivity index (χ0v) is 17.3. The predicted octanol–water partition coefficient (Wildman–Crippen LogP) is 5.76. The van der Waals surface area contributed by atoms with Crippen LogP contribution in [0.25, 0.3) is 44.3 Å². The van der Waals surface area contributed by atoms with Crippen LogP contribution in [0.4, 0.5) is 0 Å². The second-order valence-electron chi connectivity index (χ2n) is 8.25. The van der Waals surface area contributed by atoms with Gasteiger partial charge in [0.25, 0.3) is 0 Å². The van der Waals surface area contributed by atoms with E-state index in [1.54, 1.807) is 18.3 Å². The number of para-hydroxylation sites is 1. The van der Waals surface area contributed by atoms with Gasteiger partial charge in [-0.25, -0.2) is 0 Å². The third-order valence-electron chi connectivity index (χ3n) is 6.24. The lowest BCUT2D eigenvalue weighted by Gasteiger charge is -2.18. The summed E-state index contributed by atoms with van der Waals surface area (Å²) < 4.78 is 29.7. The molecular formula is C26H21NOSi. The number of nitrogens with zero attached hydrogens (tertiary/aromatic N) is 1. The van der Waals surface area contributed by atoms with Crippen LogP contribution in [0.2, 0.25) is 13.1 Å². The molecule has 3 aromatic carbocycles. The van der Waals surface area contributed by atoms with Crippen LogP contribution >= 0.6 is 0 Å². The minimum absolute atomic E-state index is 0.276.